The normalized spacial score (nSPS) is 13.8. The van der Waals surface area contributed by atoms with Crippen LogP contribution in [0.5, 0.6) is 0 Å². The van der Waals surface area contributed by atoms with E-state index >= 15 is 4.39 Å². The summed E-state index contributed by atoms with van der Waals surface area (Å²) in [5.74, 6) is 1.60. The topological polar surface area (TPSA) is 34.0 Å². The number of aromatic nitrogens is 3. The maximum Gasteiger partial charge on any atom is 0.185 e. The van der Waals surface area contributed by atoms with Crippen molar-refractivity contribution in [1.82, 2.24) is 14.5 Å². The molecular weight excluding hydrogens is 736 g/mol. The highest BCUT2D eigenvalue weighted by Crippen LogP contribution is 2.44. The van der Waals surface area contributed by atoms with Crippen LogP contribution in [0.2, 0.25) is 0 Å². The summed E-state index contributed by atoms with van der Waals surface area (Å²) in [6.07, 6.45) is 0.459. The first kappa shape index (κ1) is 33.6. The second-order valence-electron chi connectivity index (χ2n) is 14.7. The standard InChI is InChI=1S/C50H35FN4SSi/c1-54-41-23-10-9-22-40(41)53-50(54)35-16-14-15-33(31-35)47(51)34-26-29-45-43(32-34)55(46-25-12-13-30-52-46)42-28-27-39-38-21-8-11-24-44(38)56-48(39)49(42)57(45,36-17-4-2-5-18-36)37-19-6-3-7-20-37/h2-32,47H,1H3. The van der Waals surface area contributed by atoms with Crippen molar-refractivity contribution in [1.29, 1.82) is 0 Å². The molecule has 4 heterocycles. The van der Waals surface area contributed by atoms with E-state index in [-0.39, 0.29) is 0 Å². The first-order chi connectivity index (χ1) is 28.1. The van der Waals surface area contributed by atoms with Crippen LogP contribution in [0.4, 0.5) is 21.6 Å². The average molecular weight is 771 g/mol. The Balaban J connectivity index is 1.18. The summed E-state index contributed by atoms with van der Waals surface area (Å²) >= 11 is 1.87. The summed E-state index contributed by atoms with van der Waals surface area (Å²) < 4.78 is 22.0. The molecule has 0 N–H and O–H groups in total. The van der Waals surface area contributed by atoms with Crippen LogP contribution in [0.1, 0.15) is 17.3 Å². The van der Waals surface area contributed by atoms with Gasteiger partial charge in [0.2, 0.25) is 0 Å². The van der Waals surface area contributed by atoms with Crippen molar-refractivity contribution in [3.63, 3.8) is 0 Å². The number of aryl methyl sites for hydroxylation is 1. The highest BCUT2D eigenvalue weighted by molar-refractivity contribution is 7.31. The van der Waals surface area contributed by atoms with Crippen LogP contribution < -0.4 is 25.6 Å². The van der Waals surface area contributed by atoms with Gasteiger partial charge < -0.3 is 4.57 Å². The largest absolute Gasteiger partial charge is 0.327 e. The van der Waals surface area contributed by atoms with Crippen molar-refractivity contribution in [3.05, 3.63) is 199 Å². The summed E-state index contributed by atoms with van der Waals surface area (Å²) in [6, 6.07) is 63.5. The van der Waals surface area contributed by atoms with Gasteiger partial charge in [-0.05, 0) is 80.4 Å². The van der Waals surface area contributed by atoms with Crippen LogP contribution in [0, 0.1) is 0 Å². The van der Waals surface area contributed by atoms with Gasteiger partial charge in [0, 0.05) is 50.4 Å². The lowest BCUT2D eigenvalue weighted by Gasteiger charge is -2.45. The lowest BCUT2D eigenvalue weighted by Crippen LogP contribution is -2.77. The zero-order chi connectivity index (χ0) is 38.1. The van der Waals surface area contributed by atoms with Gasteiger partial charge in [-0.15, -0.1) is 11.3 Å². The molecule has 0 saturated heterocycles. The van der Waals surface area contributed by atoms with Crippen molar-refractivity contribution >= 4 is 88.6 Å². The molecule has 0 aliphatic carbocycles. The number of nitrogens with zero attached hydrogens (tertiary/aromatic N) is 4. The smallest absolute Gasteiger partial charge is 0.185 e. The van der Waals surface area contributed by atoms with Gasteiger partial charge in [-0.2, -0.15) is 0 Å². The van der Waals surface area contributed by atoms with Gasteiger partial charge in [-0.3, -0.25) is 4.90 Å². The van der Waals surface area contributed by atoms with E-state index < -0.39 is 14.2 Å². The van der Waals surface area contributed by atoms with Crippen molar-refractivity contribution in [3.8, 4) is 11.4 Å². The molecule has 0 amide bonds. The van der Waals surface area contributed by atoms with Crippen molar-refractivity contribution in [2.75, 3.05) is 4.90 Å². The van der Waals surface area contributed by atoms with Crippen molar-refractivity contribution < 1.29 is 4.39 Å². The number of pyridine rings is 1. The minimum absolute atomic E-state index is 0.585. The van der Waals surface area contributed by atoms with E-state index in [1.165, 1.54) is 40.9 Å². The molecule has 7 heteroatoms. The number of benzene rings is 7. The molecule has 3 aromatic heterocycles. The Bertz CT molecular complexity index is 3090. The van der Waals surface area contributed by atoms with Crippen LogP contribution in [0.3, 0.4) is 0 Å². The molecule has 1 unspecified atom stereocenters. The number of thiophene rings is 1. The number of halogens is 1. The second kappa shape index (κ2) is 13.2. The third kappa shape index (κ3) is 5.09. The van der Waals surface area contributed by atoms with Crippen molar-refractivity contribution in [2.45, 2.75) is 6.17 Å². The fraction of sp³-hybridized carbons (Fsp3) is 0.0400. The van der Waals surface area contributed by atoms with E-state index in [2.05, 4.69) is 131 Å². The predicted molar refractivity (Wildman–Crippen MR) is 238 cm³/mol. The number of para-hydroxylation sites is 2. The number of hydrogen-bond acceptors (Lipinski definition) is 4. The highest BCUT2D eigenvalue weighted by Gasteiger charge is 2.50. The van der Waals surface area contributed by atoms with Crippen molar-refractivity contribution in [2.24, 2.45) is 7.05 Å². The number of rotatable bonds is 6. The molecule has 1 aliphatic heterocycles. The van der Waals surface area contributed by atoms with E-state index in [1.54, 1.807) is 0 Å². The molecule has 4 nitrogen and oxygen atoms in total. The first-order valence-corrected chi connectivity index (χ1v) is 22.0. The number of alkyl halides is 1. The third-order valence-corrected chi connectivity index (χ3v) is 17.9. The van der Waals surface area contributed by atoms with Gasteiger partial charge in [0.25, 0.3) is 0 Å². The molecule has 0 saturated carbocycles. The maximum atomic E-state index is 17.4. The van der Waals surface area contributed by atoms with Gasteiger partial charge in [0.15, 0.2) is 14.2 Å². The molecule has 57 heavy (non-hydrogen) atoms. The average Bonchev–Trinajstić information content (AvgIpc) is 3.83. The van der Waals surface area contributed by atoms with Crippen LogP contribution in [0.15, 0.2) is 188 Å². The van der Waals surface area contributed by atoms with Crippen LogP contribution in [0.25, 0.3) is 42.6 Å². The SMILES string of the molecule is Cn1c(-c2cccc(C(F)c3ccc4c(c3)N(c3ccccn3)c3ccc5c(sc6ccccc65)c3[Si]4(c3ccccc3)c3ccccc3)c2)nc2ccccc21. The zero-order valence-electron chi connectivity index (χ0n) is 31.1. The quantitative estimate of drug-likeness (QED) is 0.158. The monoisotopic (exact) mass is 770 g/mol. The van der Waals surface area contributed by atoms with Gasteiger partial charge in [-0.25, -0.2) is 14.4 Å². The van der Waals surface area contributed by atoms with Crippen LogP contribution in [-0.4, -0.2) is 22.6 Å². The van der Waals surface area contributed by atoms with E-state index in [0.29, 0.717) is 11.1 Å². The number of hydrogen-bond donors (Lipinski definition) is 0. The van der Waals surface area contributed by atoms with E-state index in [1.807, 2.05) is 85.2 Å². The predicted octanol–water partition coefficient (Wildman–Crippen LogP) is 10.2. The summed E-state index contributed by atoms with van der Waals surface area (Å²) in [5.41, 5.74) is 6.04. The van der Waals surface area contributed by atoms with Gasteiger partial charge in [0.05, 0.1) is 11.0 Å². The molecule has 0 bridgehead atoms. The molecule has 272 valence electrons. The number of anilines is 3. The molecule has 10 aromatic rings. The molecule has 1 atom stereocenters. The van der Waals surface area contributed by atoms with Gasteiger partial charge in [-0.1, -0.05) is 133 Å². The first-order valence-electron chi connectivity index (χ1n) is 19.2. The Morgan fingerprint density at radius 1 is 0.614 bits per heavy atom. The van der Waals surface area contributed by atoms with Gasteiger partial charge >= 0.3 is 0 Å². The summed E-state index contributed by atoms with van der Waals surface area (Å²) in [6.45, 7) is 0. The fourth-order valence-corrected chi connectivity index (χ4v) is 16.0. The van der Waals surface area contributed by atoms with Crippen LogP contribution in [-0.2, 0) is 7.05 Å². The number of fused-ring (bicyclic) bond motifs is 7. The summed E-state index contributed by atoms with van der Waals surface area (Å²) in [4.78, 5) is 12.2. The fourth-order valence-electron chi connectivity index (χ4n) is 9.11. The zero-order valence-corrected chi connectivity index (χ0v) is 32.9. The van der Waals surface area contributed by atoms with Gasteiger partial charge in [0.1, 0.15) is 11.6 Å². The number of imidazole rings is 1. The lowest BCUT2D eigenvalue weighted by atomic mass is 9.99. The maximum absolute atomic E-state index is 17.4. The van der Waals surface area contributed by atoms with Crippen LogP contribution >= 0.6 is 11.3 Å². The molecule has 0 radical (unpaired) electrons. The van der Waals surface area contributed by atoms with E-state index in [9.17, 15) is 0 Å². The molecular formula is C50H35FN4SSi. The Morgan fingerprint density at radius 2 is 1.33 bits per heavy atom. The molecule has 0 spiro atoms. The Morgan fingerprint density at radius 3 is 2.11 bits per heavy atom. The molecule has 1 aliphatic rings. The molecule has 7 aromatic carbocycles. The summed E-state index contributed by atoms with van der Waals surface area (Å²) in [7, 11) is -1.07. The minimum Gasteiger partial charge on any atom is -0.327 e. The lowest BCUT2D eigenvalue weighted by molar-refractivity contribution is 0.402. The third-order valence-electron chi connectivity index (χ3n) is 11.6. The van der Waals surface area contributed by atoms with E-state index in [0.717, 1.165) is 39.6 Å². The Hall–Kier alpha value is -6.67. The molecule has 11 rings (SSSR count). The Labute approximate surface area is 334 Å². The van der Waals surface area contributed by atoms with E-state index in [4.69, 9.17) is 9.97 Å². The summed E-state index contributed by atoms with van der Waals surface area (Å²) in [5, 5.41) is 7.61. The second-order valence-corrected chi connectivity index (χ2v) is 19.4. The minimum atomic E-state index is -3.08. The molecule has 0 fully saturated rings. The highest BCUT2D eigenvalue weighted by atomic mass is 32.1. The Kier molecular flexibility index (Phi) is 7.81.